The summed E-state index contributed by atoms with van der Waals surface area (Å²) < 4.78 is 1.30. The number of carbonyl (C=O) groups is 1. The molecule has 0 aromatic heterocycles. The first-order valence-electron chi connectivity index (χ1n) is 20.5. The fraction of sp³-hybridized carbons (Fsp3) is 0.644. The maximum absolute atomic E-state index is 11.0. The van der Waals surface area contributed by atoms with E-state index in [2.05, 4.69) is 52.0 Å². The van der Waals surface area contributed by atoms with Crippen LogP contribution in [0.4, 0.5) is 4.79 Å². The summed E-state index contributed by atoms with van der Waals surface area (Å²) >= 11 is 0. The van der Waals surface area contributed by atoms with Gasteiger partial charge in [0.15, 0.2) is 0 Å². The van der Waals surface area contributed by atoms with Gasteiger partial charge in [-0.15, -0.1) is 0 Å². The molecule has 0 saturated heterocycles. The first kappa shape index (κ1) is 51.1. The second-order valence-corrected chi connectivity index (χ2v) is 15.2. The Bertz CT molecular complexity index is 1370. The normalized spacial score (nSPS) is 15.7. The van der Waals surface area contributed by atoms with Crippen LogP contribution in [0.25, 0.3) is 0 Å². The van der Waals surface area contributed by atoms with Crippen LogP contribution in [0.5, 0.6) is 11.5 Å². The van der Waals surface area contributed by atoms with E-state index in [0.717, 1.165) is 60.8 Å². The zero-order chi connectivity index (χ0) is 38.4. The molecular weight excluding hydrogens is 721 g/mol. The largest absolute Gasteiger partial charge is 0.507 e. The van der Waals surface area contributed by atoms with Crippen LogP contribution in [0.2, 0.25) is 0 Å². The molecule has 54 heavy (non-hydrogen) atoms. The van der Waals surface area contributed by atoms with E-state index < -0.39 is 6.16 Å². The molecule has 309 valence electrons. The van der Waals surface area contributed by atoms with Crippen LogP contribution < -0.4 is 0 Å². The van der Waals surface area contributed by atoms with Crippen LogP contribution in [0.1, 0.15) is 157 Å². The van der Waals surface area contributed by atoms with E-state index in [1.54, 1.807) is 0 Å². The van der Waals surface area contributed by atoms with Gasteiger partial charge in [-0.2, -0.15) is 0 Å². The van der Waals surface area contributed by atoms with Gasteiger partial charge in [-0.05, 0) is 112 Å². The third-order valence-corrected chi connectivity index (χ3v) is 10.7. The molecule has 2 aromatic carbocycles. The molecule has 0 aliphatic heterocycles. The van der Waals surface area contributed by atoms with Crippen molar-refractivity contribution in [3.05, 3.63) is 65.1 Å². The van der Waals surface area contributed by atoms with Crippen molar-refractivity contribution in [2.24, 2.45) is 9.98 Å². The van der Waals surface area contributed by atoms with Crippen LogP contribution in [-0.2, 0) is 29.6 Å². The average molecular weight is 797 g/mol. The summed E-state index contributed by atoms with van der Waals surface area (Å²) in [6, 6.07) is 8.70. The molecule has 1 aliphatic carbocycles. The van der Waals surface area contributed by atoms with Crippen molar-refractivity contribution in [2.45, 2.75) is 163 Å². The minimum Gasteiger partial charge on any atom is -0.507 e. The Kier molecular flexibility index (Phi) is 27.0. The predicted molar refractivity (Wildman–Crippen MR) is 225 cm³/mol. The number of unbranched alkanes of at least 4 members (excludes halogenated alkanes) is 6. The topological polar surface area (TPSA) is 123 Å². The second-order valence-electron chi connectivity index (χ2n) is 15.2. The molecule has 1 fully saturated rings. The minimum atomic E-state index is -1.83. The number of aliphatic imine (C=N–C) groups is 2. The van der Waals surface area contributed by atoms with Gasteiger partial charge in [-0.1, -0.05) is 84.8 Å². The molecule has 2 aromatic rings. The molecule has 2 atom stereocenters. The van der Waals surface area contributed by atoms with E-state index in [1.165, 1.54) is 112 Å². The Morgan fingerprint density at radius 3 is 1.37 bits per heavy atom. The molecule has 0 amide bonds. The molecule has 0 heterocycles. The van der Waals surface area contributed by atoms with Crippen LogP contribution in [0, 0.1) is 21.3 Å². The number of rotatable bonds is 22. The van der Waals surface area contributed by atoms with Gasteiger partial charge < -0.3 is 32.3 Å². The first-order valence-corrected chi connectivity index (χ1v) is 20.5. The summed E-state index contributed by atoms with van der Waals surface area (Å²) in [7, 11) is 0. The van der Waals surface area contributed by atoms with E-state index in [-0.39, 0.29) is 36.3 Å². The second kappa shape index (κ2) is 28.5. The summed E-state index contributed by atoms with van der Waals surface area (Å²) in [5, 5.41) is 35.7. The van der Waals surface area contributed by atoms with Crippen molar-refractivity contribution in [3.8, 4) is 11.5 Å². The molecule has 2 unspecified atom stereocenters. The van der Waals surface area contributed by atoms with E-state index in [4.69, 9.17) is 25.0 Å². The molecule has 8 nitrogen and oxygen atoms in total. The van der Waals surface area contributed by atoms with Gasteiger partial charge in [0.2, 0.25) is 0 Å². The Morgan fingerprint density at radius 1 is 0.648 bits per heavy atom. The summed E-state index contributed by atoms with van der Waals surface area (Å²) in [6.45, 7) is 18.5. The smallest absolute Gasteiger partial charge is 0.503 e. The summed E-state index contributed by atoms with van der Waals surface area (Å²) in [4.78, 5) is 18.6. The van der Waals surface area contributed by atoms with Crippen molar-refractivity contribution < 1.29 is 46.5 Å². The number of benzene rings is 2. The number of hydrogen-bond donors (Lipinski definition) is 4. The van der Waals surface area contributed by atoms with E-state index >= 15 is 0 Å². The SMILES string of the molecule is CCCCCc1cc(C)c(O)c(C=NC2CCCCC2N=Cc2cc(CCCC[N+](CCCC)(CCCC)CCCC)cc(C)c2O)c1.O=C(O)O.[CH3-].[Co]. The van der Waals surface area contributed by atoms with Crippen molar-refractivity contribution >= 4 is 18.6 Å². The molecule has 0 spiro atoms. The van der Waals surface area contributed by atoms with Gasteiger partial charge in [0, 0.05) is 40.3 Å². The number of phenolic OH excluding ortho intramolecular Hbond substituents is 2. The number of aromatic hydroxyl groups is 2. The summed E-state index contributed by atoms with van der Waals surface area (Å²) in [5.41, 5.74) is 6.04. The molecule has 4 N–H and O–H groups in total. The van der Waals surface area contributed by atoms with Crippen molar-refractivity contribution in [1.29, 1.82) is 0 Å². The molecule has 0 bridgehead atoms. The number of nitrogens with zero attached hydrogens (tertiary/aromatic N) is 3. The first-order chi connectivity index (χ1) is 25.0. The number of carboxylic acid groups (broad SMARTS) is 2. The van der Waals surface area contributed by atoms with Crippen LogP contribution in [0.3, 0.4) is 0 Å². The van der Waals surface area contributed by atoms with Gasteiger partial charge in [0.05, 0.1) is 38.3 Å². The van der Waals surface area contributed by atoms with Crippen LogP contribution in [0.15, 0.2) is 34.3 Å². The Morgan fingerprint density at radius 2 is 1.00 bits per heavy atom. The molecule has 3 rings (SSSR count). The fourth-order valence-corrected chi connectivity index (χ4v) is 7.55. The number of phenols is 2. The third kappa shape index (κ3) is 18.6. The molecule has 1 radical (unpaired) electrons. The number of hydrogen-bond acceptors (Lipinski definition) is 5. The van der Waals surface area contributed by atoms with Gasteiger partial charge >= 0.3 is 6.16 Å². The standard InChI is InChI=1S/C43H69N3O2.CH2O3.CH3.Co/c1-7-11-15-20-36-28-34(5)42(47)38(30-36)32-44-40-22-16-17-23-41(40)45-33-39-31-37(29-35(6)43(39)48)21-18-19-27-46(24-12-8-2,25-13-9-3)26-14-10-4;2-1(3)4;;/h28-33,40-41H,7-27H2,1-6H3,(H-,44,45,47,48);(H2,2,3,4);1H3;/q;;-1;/p+1. The van der Waals surface area contributed by atoms with E-state index in [1.807, 2.05) is 26.3 Å². The van der Waals surface area contributed by atoms with Crippen LogP contribution in [-0.4, -0.2) is 81.8 Å². The van der Waals surface area contributed by atoms with Crippen molar-refractivity contribution in [2.75, 3.05) is 26.2 Å². The zero-order valence-electron chi connectivity index (χ0n) is 34.8. The maximum Gasteiger partial charge on any atom is 0.503 e. The fourth-order valence-electron chi connectivity index (χ4n) is 7.55. The average Bonchev–Trinajstić information content (AvgIpc) is 3.12. The zero-order valence-corrected chi connectivity index (χ0v) is 35.9. The Hall–Kier alpha value is -2.88. The van der Waals surface area contributed by atoms with Crippen molar-refractivity contribution in [1.82, 2.24) is 0 Å². The molecular formula is C45H75CoN3O5. The number of quaternary nitrogens is 1. The summed E-state index contributed by atoms with van der Waals surface area (Å²) in [5.74, 6) is 0.673. The van der Waals surface area contributed by atoms with Gasteiger partial charge in [0.1, 0.15) is 11.5 Å². The Labute approximate surface area is 339 Å². The van der Waals surface area contributed by atoms with Gasteiger partial charge in [-0.25, -0.2) is 4.79 Å². The minimum absolute atomic E-state index is 0. The molecule has 1 aliphatic rings. The number of aryl methyl sites for hydroxylation is 4. The summed E-state index contributed by atoms with van der Waals surface area (Å²) in [6.07, 6.45) is 22.1. The van der Waals surface area contributed by atoms with Gasteiger partial charge in [0.25, 0.3) is 0 Å². The third-order valence-electron chi connectivity index (χ3n) is 10.7. The van der Waals surface area contributed by atoms with E-state index in [9.17, 15) is 10.2 Å². The van der Waals surface area contributed by atoms with E-state index in [0.29, 0.717) is 11.5 Å². The molecule has 1 saturated carbocycles. The van der Waals surface area contributed by atoms with Crippen LogP contribution >= 0.6 is 0 Å². The van der Waals surface area contributed by atoms with Crippen molar-refractivity contribution in [3.63, 3.8) is 0 Å². The molecule has 9 heteroatoms. The van der Waals surface area contributed by atoms with Gasteiger partial charge in [-0.3, -0.25) is 9.98 Å². The monoisotopic (exact) mass is 797 g/mol. The maximum atomic E-state index is 11.0. The Balaban J connectivity index is 0.00000445. The quantitative estimate of drug-likeness (QED) is 0.0409. The predicted octanol–water partition coefficient (Wildman–Crippen LogP) is 11.5.